The first kappa shape index (κ1) is 15.4. The molecule has 0 aliphatic rings. The van der Waals surface area contributed by atoms with Crippen molar-refractivity contribution < 1.29 is 17.9 Å². The van der Waals surface area contributed by atoms with Gasteiger partial charge in [-0.15, -0.1) is 0 Å². The van der Waals surface area contributed by atoms with Crippen molar-refractivity contribution in [3.05, 3.63) is 59.2 Å². The van der Waals surface area contributed by atoms with Crippen LogP contribution in [0, 0.1) is 6.92 Å². The third-order valence-corrected chi connectivity index (χ3v) is 3.05. The standard InChI is InChI=1S/C16H16F3NO/c1-11-7-8-12(10-20-2)9-15(11)21-14-6-4-3-5-13(14)16(17,18)19/h3-9,20H,10H2,1-2H3. The van der Waals surface area contributed by atoms with Gasteiger partial charge in [-0.25, -0.2) is 0 Å². The Bertz CT molecular complexity index is 623. The molecule has 112 valence electrons. The summed E-state index contributed by atoms with van der Waals surface area (Å²) >= 11 is 0. The van der Waals surface area contributed by atoms with E-state index in [1.807, 2.05) is 12.1 Å². The van der Waals surface area contributed by atoms with Gasteiger partial charge in [0.05, 0.1) is 5.56 Å². The molecule has 0 atom stereocenters. The first-order valence-corrected chi connectivity index (χ1v) is 6.50. The quantitative estimate of drug-likeness (QED) is 0.895. The minimum Gasteiger partial charge on any atom is -0.456 e. The Balaban J connectivity index is 2.36. The first-order chi connectivity index (χ1) is 9.91. The van der Waals surface area contributed by atoms with Gasteiger partial charge in [0.15, 0.2) is 0 Å². The van der Waals surface area contributed by atoms with Crippen LogP contribution in [0.3, 0.4) is 0 Å². The fourth-order valence-corrected chi connectivity index (χ4v) is 1.98. The van der Waals surface area contributed by atoms with Crippen molar-refractivity contribution in [2.75, 3.05) is 7.05 Å². The van der Waals surface area contributed by atoms with Crippen molar-refractivity contribution in [2.45, 2.75) is 19.6 Å². The number of ether oxygens (including phenoxy) is 1. The summed E-state index contributed by atoms with van der Waals surface area (Å²) in [6.07, 6.45) is -4.44. The zero-order valence-corrected chi connectivity index (χ0v) is 11.8. The zero-order valence-electron chi connectivity index (χ0n) is 11.8. The van der Waals surface area contributed by atoms with E-state index in [2.05, 4.69) is 5.32 Å². The molecule has 0 spiro atoms. The average Bonchev–Trinajstić information content (AvgIpc) is 2.42. The SMILES string of the molecule is CNCc1ccc(C)c(Oc2ccccc2C(F)(F)F)c1. The fraction of sp³-hybridized carbons (Fsp3) is 0.250. The third kappa shape index (κ3) is 3.76. The summed E-state index contributed by atoms with van der Waals surface area (Å²) in [6, 6.07) is 10.7. The lowest BCUT2D eigenvalue weighted by molar-refractivity contribution is -0.138. The van der Waals surface area contributed by atoms with Crippen molar-refractivity contribution in [1.29, 1.82) is 0 Å². The molecule has 21 heavy (non-hydrogen) atoms. The maximum absolute atomic E-state index is 13.0. The Labute approximate surface area is 121 Å². The highest BCUT2D eigenvalue weighted by Crippen LogP contribution is 2.38. The average molecular weight is 295 g/mol. The highest BCUT2D eigenvalue weighted by atomic mass is 19.4. The van der Waals surface area contributed by atoms with Crippen molar-refractivity contribution in [2.24, 2.45) is 0 Å². The Morgan fingerprint density at radius 3 is 2.43 bits per heavy atom. The van der Waals surface area contributed by atoms with E-state index in [4.69, 9.17) is 4.74 Å². The molecular formula is C16H16F3NO. The molecule has 0 saturated carbocycles. The number of hydrogen-bond acceptors (Lipinski definition) is 2. The number of benzene rings is 2. The van der Waals surface area contributed by atoms with Crippen LogP contribution >= 0.6 is 0 Å². The Morgan fingerprint density at radius 2 is 1.76 bits per heavy atom. The van der Waals surface area contributed by atoms with Gasteiger partial charge in [0.2, 0.25) is 0 Å². The van der Waals surface area contributed by atoms with E-state index in [0.29, 0.717) is 12.3 Å². The molecular weight excluding hydrogens is 279 g/mol. The summed E-state index contributed by atoms with van der Waals surface area (Å²) in [6.45, 7) is 2.42. The van der Waals surface area contributed by atoms with Crippen LogP contribution in [-0.2, 0) is 12.7 Å². The second-order valence-electron chi connectivity index (χ2n) is 4.73. The lowest BCUT2D eigenvalue weighted by Gasteiger charge is -2.15. The van der Waals surface area contributed by atoms with Crippen molar-refractivity contribution in [3.63, 3.8) is 0 Å². The van der Waals surface area contributed by atoms with E-state index in [1.165, 1.54) is 18.2 Å². The van der Waals surface area contributed by atoms with E-state index in [9.17, 15) is 13.2 Å². The molecule has 2 aromatic rings. The van der Waals surface area contributed by atoms with Crippen molar-refractivity contribution in [1.82, 2.24) is 5.32 Å². The Morgan fingerprint density at radius 1 is 1.05 bits per heavy atom. The molecule has 0 aromatic heterocycles. The van der Waals surface area contributed by atoms with Crippen LogP contribution in [0.4, 0.5) is 13.2 Å². The van der Waals surface area contributed by atoms with Crippen LogP contribution in [0.25, 0.3) is 0 Å². The van der Waals surface area contributed by atoms with Crippen molar-refractivity contribution >= 4 is 0 Å². The summed E-state index contributed by atoms with van der Waals surface area (Å²) in [5, 5.41) is 2.99. The summed E-state index contributed by atoms with van der Waals surface area (Å²) < 4.78 is 44.4. The van der Waals surface area contributed by atoms with Gasteiger partial charge in [-0.1, -0.05) is 24.3 Å². The maximum Gasteiger partial charge on any atom is 0.419 e. The maximum atomic E-state index is 13.0. The first-order valence-electron chi connectivity index (χ1n) is 6.50. The van der Waals surface area contributed by atoms with Gasteiger partial charge >= 0.3 is 6.18 Å². The number of nitrogens with one attached hydrogen (secondary N) is 1. The van der Waals surface area contributed by atoms with Crippen LogP contribution in [-0.4, -0.2) is 7.05 Å². The van der Waals surface area contributed by atoms with E-state index < -0.39 is 11.7 Å². The number of aryl methyl sites for hydroxylation is 1. The molecule has 0 saturated heterocycles. The van der Waals surface area contributed by atoms with Crippen molar-refractivity contribution in [3.8, 4) is 11.5 Å². The van der Waals surface area contributed by atoms with Gasteiger partial charge in [-0.2, -0.15) is 13.2 Å². The molecule has 0 aliphatic carbocycles. The monoisotopic (exact) mass is 295 g/mol. The molecule has 2 rings (SSSR count). The summed E-state index contributed by atoms with van der Waals surface area (Å²) in [4.78, 5) is 0. The molecule has 0 amide bonds. The number of rotatable bonds is 4. The smallest absolute Gasteiger partial charge is 0.419 e. The predicted molar refractivity (Wildman–Crippen MR) is 75.5 cm³/mol. The minimum atomic E-state index is -4.44. The van der Waals surface area contributed by atoms with E-state index in [0.717, 1.165) is 17.2 Å². The lowest BCUT2D eigenvalue weighted by Crippen LogP contribution is -2.08. The number of alkyl halides is 3. The highest BCUT2D eigenvalue weighted by Gasteiger charge is 2.34. The summed E-state index contributed by atoms with van der Waals surface area (Å²) in [5.74, 6) is 0.245. The Kier molecular flexibility index (Phi) is 4.53. The molecule has 5 heteroatoms. The molecule has 2 aromatic carbocycles. The fourth-order valence-electron chi connectivity index (χ4n) is 1.98. The second kappa shape index (κ2) is 6.18. The molecule has 0 heterocycles. The molecule has 0 aliphatic heterocycles. The van der Waals surface area contributed by atoms with Crippen LogP contribution in [0.1, 0.15) is 16.7 Å². The van der Waals surface area contributed by atoms with Crippen LogP contribution in [0.2, 0.25) is 0 Å². The Hall–Kier alpha value is -2.01. The van der Waals surface area contributed by atoms with E-state index in [1.54, 1.807) is 20.0 Å². The zero-order chi connectivity index (χ0) is 15.5. The number of para-hydroxylation sites is 1. The van der Waals surface area contributed by atoms with Gasteiger partial charge in [0.25, 0.3) is 0 Å². The molecule has 1 N–H and O–H groups in total. The highest BCUT2D eigenvalue weighted by molar-refractivity contribution is 5.43. The lowest BCUT2D eigenvalue weighted by atomic mass is 10.1. The van der Waals surface area contributed by atoms with Crippen LogP contribution in [0.15, 0.2) is 42.5 Å². The van der Waals surface area contributed by atoms with Crippen LogP contribution in [0.5, 0.6) is 11.5 Å². The number of halogens is 3. The predicted octanol–water partition coefficient (Wildman–Crippen LogP) is 4.53. The summed E-state index contributed by atoms with van der Waals surface area (Å²) in [5.41, 5.74) is 0.956. The third-order valence-electron chi connectivity index (χ3n) is 3.05. The van der Waals surface area contributed by atoms with Gasteiger partial charge < -0.3 is 10.1 Å². The van der Waals surface area contributed by atoms with Gasteiger partial charge in [-0.3, -0.25) is 0 Å². The number of hydrogen-bond donors (Lipinski definition) is 1. The van der Waals surface area contributed by atoms with Gasteiger partial charge in [-0.05, 0) is 43.3 Å². The largest absolute Gasteiger partial charge is 0.456 e. The normalized spacial score (nSPS) is 11.5. The summed E-state index contributed by atoms with van der Waals surface area (Å²) in [7, 11) is 1.80. The molecule has 0 unspecified atom stereocenters. The van der Waals surface area contributed by atoms with Gasteiger partial charge in [0.1, 0.15) is 11.5 Å². The van der Waals surface area contributed by atoms with E-state index in [-0.39, 0.29) is 5.75 Å². The van der Waals surface area contributed by atoms with Crippen LogP contribution < -0.4 is 10.1 Å². The second-order valence-corrected chi connectivity index (χ2v) is 4.73. The van der Waals surface area contributed by atoms with E-state index >= 15 is 0 Å². The molecule has 0 radical (unpaired) electrons. The molecule has 0 bridgehead atoms. The van der Waals surface area contributed by atoms with Gasteiger partial charge in [0, 0.05) is 6.54 Å². The molecule has 2 nitrogen and oxygen atoms in total. The topological polar surface area (TPSA) is 21.3 Å². The minimum absolute atomic E-state index is 0.185. The molecule has 0 fully saturated rings.